The van der Waals surface area contributed by atoms with Crippen molar-refractivity contribution in [3.8, 4) is 16.9 Å². The van der Waals surface area contributed by atoms with Gasteiger partial charge in [-0.15, -0.1) is 23.5 Å². The van der Waals surface area contributed by atoms with Gasteiger partial charge >= 0.3 is 5.97 Å². The molecule has 1 atom stereocenters. The summed E-state index contributed by atoms with van der Waals surface area (Å²) in [6.45, 7) is 3.28. The highest BCUT2D eigenvalue weighted by atomic mass is 35.5. The van der Waals surface area contributed by atoms with E-state index in [9.17, 15) is 9.90 Å². The maximum Gasteiger partial charge on any atom is 0.336 e. The average Bonchev–Trinajstić information content (AvgIpc) is 3.36. The van der Waals surface area contributed by atoms with Crippen LogP contribution in [0.15, 0.2) is 119 Å². The molecule has 1 aliphatic heterocycles. The Kier molecular flexibility index (Phi) is 8.80. The Morgan fingerprint density at radius 2 is 1.83 bits per heavy atom. The van der Waals surface area contributed by atoms with Crippen LogP contribution in [0.2, 0.25) is 5.02 Å². The van der Waals surface area contributed by atoms with Gasteiger partial charge in [-0.1, -0.05) is 79.2 Å². The molecule has 1 N–H and O–H groups in total. The van der Waals surface area contributed by atoms with Crippen LogP contribution in [0, 0.1) is 0 Å². The molecule has 1 unspecified atom stereocenters. The Bertz CT molecular complexity index is 2040. The molecule has 0 fully saturated rings. The highest BCUT2D eigenvalue weighted by molar-refractivity contribution is 8.00. The lowest BCUT2D eigenvalue weighted by Gasteiger charge is -2.22. The van der Waals surface area contributed by atoms with Gasteiger partial charge < -0.3 is 14.4 Å². The third-order valence-corrected chi connectivity index (χ3v) is 10.7. The topological polar surface area (TPSA) is 64.3 Å². The number of carbonyl (C=O) groups is 1. The summed E-state index contributed by atoms with van der Waals surface area (Å²) in [7, 11) is 0. The third-order valence-electron chi connectivity index (χ3n) is 8.18. The molecule has 46 heavy (non-hydrogen) atoms. The number of benzene rings is 4. The zero-order valence-electron chi connectivity index (χ0n) is 25.2. The molecular weight excluding hydrogens is 632 g/mol. The van der Waals surface area contributed by atoms with E-state index < -0.39 is 5.97 Å². The number of carboxylic acid groups (broad SMARTS) is 1. The smallest absolute Gasteiger partial charge is 0.336 e. The van der Waals surface area contributed by atoms with Gasteiger partial charge in [0.05, 0.1) is 16.8 Å². The van der Waals surface area contributed by atoms with Gasteiger partial charge in [-0.3, -0.25) is 4.98 Å². The van der Waals surface area contributed by atoms with E-state index in [4.69, 9.17) is 21.3 Å². The average molecular weight is 663 g/mol. The van der Waals surface area contributed by atoms with Gasteiger partial charge in [-0.25, -0.2) is 4.79 Å². The predicted molar refractivity (Wildman–Crippen MR) is 188 cm³/mol. The normalized spacial score (nSPS) is 14.0. The number of ether oxygens (including phenoxy) is 1. The van der Waals surface area contributed by atoms with Crippen LogP contribution < -0.4 is 4.74 Å². The first kappa shape index (κ1) is 30.5. The second-order valence-corrected chi connectivity index (χ2v) is 14.2. The lowest BCUT2D eigenvalue weighted by molar-refractivity contribution is 0.0693. The Balaban J connectivity index is 1.25. The van der Waals surface area contributed by atoms with Gasteiger partial charge in [-0.2, -0.15) is 0 Å². The summed E-state index contributed by atoms with van der Waals surface area (Å²) in [5, 5.41) is 12.1. The van der Waals surface area contributed by atoms with Crippen LogP contribution in [0.3, 0.4) is 0 Å². The first-order valence-corrected chi connectivity index (χ1v) is 17.3. The first-order chi connectivity index (χ1) is 22.4. The van der Waals surface area contributed by atoms with Crippen molar-refractivity contribution in [2.75, 3.05) is 0 Å². The van der Waals surface area contributed by atoms with Crippen molar-refractivity contribution >= 4 is 52.0 Å². The quantitative estimate of drug-likeness (QED) is 0.147. The molecule has 0 bridgehead atoms. The fourth-order valence-corrected chi connectivity index (χ4v) is 8.72. The molecule has 0 saturated carbocycles. The molecule has 0 saturated heterocycles. The Hall–Kier alpha value is -4.17. The van der Waals surface area contributed by atoms with Crippen molar-refractivity contribution < 1.29 is 14.6 Å². The minimum atomic E-state index is -0.916. The molecule has 7 rings (SSSR count). The molecule has 8 heteroatoms. The number of aromatic carboxylic acids is 1. The fourth-order valence-electron chi connectivity index (χ4n) is 6.02. The largest absolute Gasteiger partial charge is 0.487 e. The summed E-state index contributed by atoms with van der Waals surface area (Å²) >= 11 is 9.85. The monoisotopic (exact) mass is 662 g/mol. The summed E-state index contributed by atoms with van der Waals surface area (Å²) < 4.78 is 8.86. The lowest BCUT2D eigenvalue weighted by atomic mass is 10.0. The van der Waals surface area contributed by atoms with E-state index in [1.807, 2.05) is 72.6 Å². The lowest BCUT2D eigenvalue weighted by Crippen LogP contribution is -2.10. The second-order valence-electron chi connectivity index (χ2n) is 11.3. The second kappa shape index (κ2) is 13.3. The maximum atomic E-state index is 12.0. The van der Waals surface area contributed by atoms with E-state index in [0.29, 0.717) is 34.7 Å². The van der Waals surface area contributed by atoms with Crippen LogP contribution in [0.4, 0.5) is 0 Å². The first-order valence-electron chi connectivity index (χ1n) is 15.1. The van der Waals surface area contributed by atoms with Crippen molar-refractivity contribution in [1.29, 1.82) is 0 Å². The molecule has 5 nitrogen and oxygen atoms in total. The number of carboxylic acids is 1. The van der Waals surface area contributed by atoms with Crippen molar-refractivity contribution in [1.82, 2.24) is 9.55 Å². The van der Waals surface area contributed by atoms with Gasteiger partial charge in [0.1, 0.15) is 12.4 Å². The Morgan fingerprint density at radius 1 is 1.00 bits per heavy atom. The van der Waals surface area contributed by atoms with Crippen LogP contribution in [0.5, 0.6) is 5.75 Å². The molecule has 0 radical (unpaired) electrons. The Morgan fingerprint density at radius 3 is 2.61 bits per heavy atom. The third kappa shape index (κ3) is 6.27. The van der Waals surface area contributed by atoms with E-state index in [-0.39, 0.29) is 0 Å². The molecule has 6 aromatic rings. The van der Waals surface area contributed by atoms with E-state index >= 15 is 0 Å². The Labute approximate surface area is 281 Å². The van der Waals surface area contributed by atoms with Crippen LogP contribution in [-0.2, 0) is 25.3 Å². The zero-order valence-corrected chi connectivity index (χ0v) is 27.5. The summed E-state index contributed by atoms with van der Waals surface area (Å²) in [5.41, 5.74) is 8.05. The van der Waals surface area contributed by atoms with Crippen molar-refractivity contribution in [2.45, 2.75) is 47.3 Å². The van der Waals surface area contributed by atoms with E-state index in [1.165, 1.54) is 21.5 Å². The number of rotatable bonds is 10. The molecule has 0 aliphatic carbocycles. The number of halogens is 1. The number of aromatic nitrogens is 2. The number of hydrogen-bond acceptors (Lipinski definition) is 5. The summed E-state index contributed by atoms with van der Waals surface area (Å²) in [5.74, 6) is 0.590. The SMILES string of the molecule is CC1Cc2c(OCc3ccc(-c4ccccc4)cn3)ccc3c2c(c(CSc2ccccc2C(=O)O)n3Cc2cccc(Cl)c2)S1. The molecule has 1 aliphatic rings. The van der Waals surface area contributed by atoms with Crippen molar-refractivity contribution in [3.05, 3.63) is 142 Å². The summed E-state index contributed by atoms with van der Waals surface area (Å²) in [6, 6.07) is 33.8. The van der Waals surface area contributed by atoms with Crippen LogP contribution in [-0.4, -0.2) is 25.9 Å². The number of hydrogen-bond donors (Lipinski definition) is 1. The number of pyridine rings is 1. The number of nitrogens with zero attached hydrogens (tertiary/aromatic N) is 2. The number of thioether (sulfide) groups is 2. The zero-order chi connectivity index (χ0) is 31.6. The van der Waals surface area contributed by atoms with E-state index in [1.54, 1.807) is 23.9 Å². The van der Waals surface area contributed by atoms with E-state index in [2.05, 4.69) is 47.9 Å². The van der Waals surface area contributed by atoms with Crippen molar-refractivity contribution in [2.24, 2.45) is 0 Å². The molecule has 4 aromatic carbocycles. The highest BCUT2D eigenvalue weighted by Gasteiger charge is 2.29. The van der Waals surface area contributed by atoms with Crippen LogP contribution in [0.25, 0.3) is 22.0 Å². The predicted octanol–water partition coefficient (Wildman–Crippen LogP) is 10.0. The minimum absolute atomic E-state index is 0.321. The van der Waals surface area contributed by atoms with Gasteiger partial charge in [0, 0.05) is 60.8 Å². The van der Waals surface area contributed by atoms with Crippen LogP contribution >= 0.6 is 35.1 Å². The summed E-state index contributed by atoms with van der Waals surface area (Å²) in [4.78, 5) is 18.6. The van der Waals surface area contributed by atoms with Gasteiger partial charge in [-0.05, 0) is 60.0 Å². The van der Waals surface area contributed by atoms with Crippen molar-refractivity contribution in [3.63, 3.8) is 0 Å². The van der Waals surface area contributed by atoms with Gasteiger partial charge in [0.2, 0.25) is 0 Å². The molecule has 0 spiro atoms. The highest BCUT2D eigenvalue weighted by Crippen LogP contribution is 2.48. The molecule has 3 heterocycles. The minimum Gasteiger partial charge on any atom is -0.487 e. The standard InChI is InChI=1S/C38H31ClN2O3S2/c1-24-18-31-34(44-22-29-15-14-27(20-40-29)26-9-3-2-4-10-26)17-16-32-36(31)37(46-24)33(41(32)21-25-8-7-11-28(39)19-25)23-45-35-13-6-5-12-30(35)38(42)43/h2-17,19-20,24H,18,21-23H2,1H3,(H,42,43). The maximum absolute atomic E-state index is 12.0. The molecular formula is C38H31ClN2O3S2. The molecule has 0 amide bonds. The van der Waals surface area contributed by atoms with E-state index in [0.717, 1.165) is 45.0 Å². The van der Waals surface area contributed by atoms with Crippen LogP contribution in [0.1, 0.15) is 39.8 Å². The molecule has 230 valence electrons. The summed E-state index contributed by atoms with van der Waals surface area (Å²) in [6.07, 6.45) is 2.79. The fraction of sp³-hybridized carbons (Fsp3) is 0.158. The van der Waals surface area contributed by atoms with Gasteiger partial charge in [0.25, 0.3) is 0 Å². The van der Waals surface area contributed by atoms with Gasteiger partial charge in [0.15, 0.2) is 0 Å². The molecule has 2 aromatic heterocycles.